The summed E-state index contributed by atoms with van der Waals surface area (Å²) in [5.74, 6) is 0.462. The van der Waals surface area contributed by atoms with Crippen LogP contribution in [0.4, 0.5) is 5.13 Å². The van der Waals surface area contributed by atoms with Gasteiger partial charge in [0.25, 0.3) is 5.91 Å². The number of nitrogens with zero attached hydrogens (tertiary/aromatic N) is 3. The molecule has 0 aliphatic carbocycles. The fourth-order valence-corrected chi connectivity index (χ4v) is 3.52. The number of carbonyl (C=O) groups is 1. The molecule has 0 spiro atoms. The zero-order chi connectivity index (χ0) is 16.7. The Morgan fingerprint density at radius 3 is 2.83 bits per heavy atom. The molecule has 0 fully saturated rings. The Labute approximate surface area is 141 Å². The van der Waals surface area contributed by atoms with E-state index >= 15 is 0 Å². The number of carbonyl (C=O) groups excluding carboxylic acids is 1. The number of aryl methyl sites for hydroxylation is 1. The molecule has 0 atom stereocenters. The minimum Gasteiger partial charge on any atom is -0.481 e. The SMILES string of the molecule is COc1c2ccc(C(=O)Nc3nc4ccccc4s3)cc2nn1C. The Balaban J connectivity index is 1.65. The number of benzene rings is 2. The second-order valence-electron chi connectivity index (χ2n) is 5.31. The third-order valence-electron chi connectivity index (χ3n) is 3.75. The molecule has 0 aliphatic heterocycles. The van der Waals surface area contributed by atoms with Crippen molar-refractivity contribution in [2.24, 2.45) is 7.05 Å². The minimum absolute atomic E-state index is 0.208. The van der Waals surface area contributed by atoms with Crippen LogP contribution >= 0.6 is 11.3 Å². The van der Waals surface area contributed by atoms with Gasteiger partial charge in [0.1, 0.15) is 0 Å². The molecule has 1 N–H and O–H groups in total. The van der Waals surface area contributed by atoms with Crippen molar-refractivity contribution >= 4 is 43.5 Å². The van der Waals surface area contributed by atoms with Gasteiger partial charge in [-0.3, -0.25) is 10.1 Å². The van der Waals surface area contributed by atoms with Crippen LogP contribution in [0.15, 0.2) is 42.5 Å². The van der Waals surface area contributed by atoms with Gasteiger partial charge in [0.15, 0.2) is 5.13 Å². The van der Waals surface area contributed by atoms with Crippen LogP contribution in [-0.4, -0.2) is 27.8 Å². The van der Waals surface area contributed by atoms with E-state index in [9.17, 15) is 4.79 Å². The molecule has 0 saturated carbocycles. The first-order chi connectivity index (χ1) is 11.7. The van der Waals surface area contributed by atoms with Crippen LogP contribution in [0.5, 0.6) is 5.88 Å². The first-order valence-corrected chi connectivity index (χ1v) is 8.15. The Bertz CT molecular complexity index is 1030. The van der Waals surface area contributed by atoms with Gasteiger partial charge in [-0.1, -0.05) is 23.5 Å². The molecule has 0 aliphatic rings. The predicted octanol–water partition coefficient (Wildman–Crippen LogP) is 3.44. The second-order valence-corrected chi connectivity index (χ2v) is 6.34. The molecule has 120 valence electrons. The lowest BCUT2D eigenvalue weighted by molar-refractivity contribution is 0.102. The second kappa shape index (κ2) is 5.61. The maximum atomic E-state index is 12.5. The van der Waals surface area contributed by atoms with Crippen LogP contribution < -0.4 is 10.1 Å². The molecule has 0 unspecified atom stereocenters. The minimum atomic E-state index is -0.208. The van der Waals surface area contributed by atoms with Gasteiger partial charge < -0.3 is 4.74 Å². The van der Waals surface area contributed by atoms with Crippen LogP contribution in [0, 0.1) is 0 Å². The zero-order valence-electron chi connectivity index (χ0n) is 13.1. The Morgan fingerprint density at radius 2 is 2.04 bits per heavy atom. The molecule has 6 nitrogen and oxygen atoms in total. The molecule has 4 rings (SSSR count). The smallest absolute Gasteiger partial charge is 0.257 e. The number of hydrogen-bond donors (Lipinski definition) is 1. The monoisotopic (exact) mass is 338 g/mol. The third kappa shape index (κ3) is 2.39. The lowest BCUT2D eigenvalue weighted by Crippen LogP contribution is -2.11. The summed E-state index contributed by atoms with van der Waals surface area (Å²) in [7, 11) is 3.41. The number of rotatable bonds is 3. The van der Waals surface area contributed by atoms with Crippen LogP contribution in [0.2, 0.25) is 0 Å². The highest BCUT2D eigenvalue weighted by Crippen LogP contribution is 2.27. The number of fused-ring (bicyclic) bond motifs is 2. The Hall–Kier alpha value is -2.93. The quantitative estimate of drug-likeness (QED) is 0.621. The third-order valence-corrected chi connectivity index (χ3v) is 4.70. The highest BCUT2D eigenvalue weighted by Gasteiger charge is 2.14. The van der Waals surface area contributed by atoms with E-state index in [1.807, 2.05) is 30.3 Å². The Morgan fingerprint density at radius 1 is 1.21 bits per heavy atom. The summed E-state index contributed by atoms with van der Waals surface area (Å²) in [6, 6.07) is 13.1. The van der Waals surface area contributed by atoms with Gasteiger partial charge in [-0.15, -0.1) is 0 Å². The fraction of sp³-hybridized carbons (Fsp3) is 0.118. The molecule has 2 aromatic heterocycles. The standard InChI is InChI=1S/C17H14N4O2S/c1-21-16(23-2)11-8-7-10(9-13(11)20-21)15(22)19-17-18-12-5-3-4-6-14(12)24-17/h3-9H,1-2H3,(H,18,19,22). The van der Waals surface area contributed by atoms with Crippen molar-refractivity contribution in [3.8, 4) is 5.88 Å². The lowest BCUT2D eigenvalue weighted by Gasteiger charge is -2.02. The first kappa shape index (κ1) is 14.6. The summed E-state index contributed by atoms with van der Waals surface area (Å²) >= 11 is 1.45. The van der Waals surface area contributed by atoms with Crippen LogP contribution in [-0.2, 0) is 7.05 Å². The molecule has 7 heteroatoms. The van der Waals surface area contributed by atoms with Crippen LogP contribution in [0.3, 0.4) is 0 Å². The number of amides is 1. The van der Waals surface area contributed by atoms with E-state index in [-0.39, 0.29) is 5.91 Å². The first-order valence-electron chi connectivity index (χ1n) is 7.33. The van der Waals surface area contributed by atoms with Crippen LogP contribution in [0.25, 0.3) is 21.1 Å². The summed E-state index contributed by atoms with van der Waals surface area (Å²) in [5.41, 5.74) is 2.12. The average Bonchev–Trinajstić information content (AvgIpc) is 3.12. The van der Waals surface area contributed by atoms with E-state index in [2.05, 4.69) is 15.4 Å². The highest BCUT2D eigenvalue weighted by molar-refractivity contribution is 7.22. The number of thiazole rings is 1. The van der Waals surface area contributed by atoms with E-state index in [0.717, 1.165) is 15.6 Å². The molecular weight excluding hydrogens is 324 g/mol. The van der Waals surface area contributed by atoms with E-state index in [4.69, 9.17) is 4.74 Å². The molecule has 0 saturated heterocycles. The lowest BCUT2D eigenvalue weighted by atomic mass is 10.1. The average molecular weight is 338 g/mol. The largest absolute Gasteiger partial charge is 0.481 e. The number of anilines is 1. The predicted molar refractivity (Wildman–Crippen MR) is 94.8 cm³/mol. The van der Waals surface area contributed by atoms with Crippen molar-refractivity contribution in [2.45, 2.75) is 0 Å². The summed E-state index contributed by atoms with van der Waals surface area (Å²) in [4.78, 5) is 16.9. The van der Waals surface area contributed by atoms with Gasteiger partial charge in [-0.25, -0.2) is 9.67 Å². The summed E-state index contributed by atoms with van der Waals surface area (Å²) in [5, 5.41) is 8.67. The van der Waals surface area contributed by atoms with Crippen molar-refractivity contribution < 1.29 is 9.53 Å². The molecule has 2 heterocycles. The van der Waals surface area contributed by atoms with Crippen molar-refractivity contribution in [1.82, 2.24) is 14.8 Å². The topological polar surface area (TPSA) is 69.0 Å². The van der Waals surface area contributed by atoms with Gasteiger partial charge in [0, 0.05) is 12.6 Å². The number of aromatic nitrogens is 3. The molecule has 1 amide bonds. The molecule has 24 heavy (non-hydrogen) atoms. The number of nitrogens with one attached hydrogen (secondary N) is 1. The van der Waals surface area contributed by atoms with Gasteiger partial charge in [0.05, 0.1) is 28.2 Å². The molecule has 4 aromatic rings. The van der Waals surface area contributed by atoms with E-state index in [0.29, 0.717) is 22.1 Å². The summed E-state index contributed by atoms with van der Waals surface area (Å²) < 4.78 is 8.01. The van der Waals surface area contributed by atoms with Gasteiger partial charge in [-0.05, 0) is 30.3 Å². The normalized spacial score (nSPS) is 11.1. The van der Waals surface area contributed by atoms with E-state index in [1.54, 1.807) is 31.0 Å². The molecule has 0 radical (unpaired) electrons. The van der Waals surface area contributed by atoms with Crippen molar-refractivity contribution in [2.75, 3.05) is 12.4 Å². The van der Waals surface area contributed by atoms with Crippen LogP contribution in [0.1, 0.15) is 10.4 Å². The summed E-state index contributed by atoms with van der Waals surface area (Å²) in [6.07, 6.45) is 0. The van der Waals surface area contributed by atoms with Gasteiger partial charge >= 0.3 is 0 Å². The van der Waals surface area contributed by atoms with E-state index < -0.39 is 0 Å². The zero-order valence-corrected chi connectivity index (χ0v) is 13.9. The van der Waals surface area contributed by atoms with Gasteiger partial charge in [-0.2, -0.15) is 5.10 Å². The van der Waals surface area contributed by atoms with Crippen molar-refractivity contribution in [3.63, 3.8) is 0 Å². The maximum absolute atomic E-state index is 12.5. The number of methoxy groups -OCH3 is 1. The number of para-hydroxylation sites is 1. The fourth-order valence-electron chi connectivity index (χ4n) is 2.65. The van der Waals surface area contributed by atoms with Crippen molar-refractivity contribution in [3.05, 3.63) is 48.0 Å². The Kier molecular flexibility index (Phi) is 3.42. The van der Waals surface area contributed by atoms with Gasteiger partial charge in [0.2, 0.25) is 5.88 Å². The maximum Gasteiger partial charge on any atom is 0.257 e. The number of ether oxygens (including phenoxy) is 1. The summed E-state index contributed by atoms with van der Waals surface area (Å²) in [6.45, 7) is 0. The molecule has 2 aromatic carbocycles. The van der Waals surface area contributed by atoms with Crippen molar-refractivity contribution in [1.29, 1.82) is 0 Å². The van der Waals surface area contributed by atoms with E-state index in [1.165, 1.54) is 11.3 Å². The highest BCUT2D eigenvalue weighted by atomic mass is 32.1. The molecule has 0 bridgehead atoms. The molecular formula is C17H14N4O2S. The number of hydrogen-bond acceptors (Lipinski definition) is 5.